The maximum atomic E-state index is 3.51. The zero-order valence-corrected chi connectivity index (χ0v) is 11.9. The highest BCUT2D eigenvalue weighted by molar-refractivity contribution is 8.00. The predicted octanol–water partition coefficient (Wildman–Crippen LogP) is 3.73. The monoisotopic (exact) mass is 249 g/mol. The summed E-state index contributed by atoms with van der Waals surface area (Å²) < 4.78 is 0. The van der Waals surface area contributed by atoms with Crippen molar-refractivity contribution in [1.82, 2.24) is 5.32 Å². The average Bonchev–Trinajstić information content (AvgIpc) is 2.72. The van der Waals surface area contributed by atoms with Crippen LogP contribution in [-0.2, 0) is 6.42 Å². The van der Waals surface area contributed by atoms with E-state index in [1.54, 1.807) is 0 Å². The van der Waals surface area contributed by atoms with Crippen LogP contribution in [-0.4, -0.2) is 18.3 Å². The Morgan fingerprint density at radius 3 is 2.71 bits per heavy atom. The molecule has 1 heterocycles. The summed E-state index contributed by atoms with van der Waals surface area (Å²) in [5.74, 6) is 0.805. The maximum absolute atomic E-state index is 3.51. The Morgan fingerprint density at radius 1 is 1.29 bits per heavy atom. The molecule has 0 amide bonds. The molecule has 0 radical (unpaired) electrons. The van der Waals surface area contributed by atoms with Gasteiger partial charge in [-0.1, -0.05) is 32.0 Å². The minimum atomic E-state index is 0.648. The number of hydrogen-bond acceptors (Lipinski definition) is 2. The Kier molecular flexibility index (Phi) is 4.52. The first kappa shape index (κ1) is 13.0. The van der Waals surface area contributed by atoms with Crippen LogP contribution in [0.1, 0.15) is 32.3 Å². The molecule has 0 aliphatic carbocycles. The van der Waals surface area contributed by atoms with Gasteiger partial charge < -0.3 is 5.32 Å². The molecule has 0 fully saturated rings. The van der Waals surface area contributed by atoms with Gasteiger partial charge in [-0.25, -0.2) is 0 Å². The first-order valence-electron chi connectivity index (χ1n) is 6.62. The Morgan fingerprint density at radius 2 is 2.06 bits per heavy atom. The van der Waals surface area contributed by atoms with E-state index in [9.17, 15) is 0 Å². The summed E-state index contributed by atoms with van der Waals surface area (Å²) >= 11 is 2.06. The molecule has 0 aromatic heterocycles. The zero-order valence-electron chi connectivity index (χ0n) is 11.1. The van der Waals surface area contributed by atoms with E-state index in [1.807, 2.05) is 0 Å². The summed E-state index contributed by atoms with van der Waals surface area (Å²) in [5.41, 5.74) is 1.53. The van der Waals surface area contributed by atoms with E-state index in [2.05, 4.69) is 62.2 Å². The zero-order chi connectivity index (χ0) is 12.3. The van der Waals surface area contributed by atoms with Gasteiger partial charge in [0, 0.05) is 16.2 Å². The van der Waals surface area contributed by atoms with Gasteiger partial charge in [-0.2, -0.15) is 0 Å². The van der Waals surface area contributed by atoms with Gasteiger partial charge in [0.25, 0.3) is 0 Å². The van der Waals surface area contributed by atoms with Crippen molar-refractivity contribution in [3.05, 3.63) is 29.8 Å². The molecule has 17 heavy (non-hydrogen) atoms. The van der Waals surface area contributed by atoms with Crippen LogP contribution < -0.4 is 5.32 Å². The van der Waals surface area contributed by atoms with Crippen molar-refractivity contribution in [2.45, 2.75) is 49.3 Å². The standard InChI is InChI=1S/C15H23NS/c1-11(2)8-9-13(16-3)15-10-12-6-4-5-7-14(12)17-15/h4-7,11,13,15-16H,8-10H2,1-3H3. The van der Waals surface area contributed by atoms with Gasteiger partial charge in [0.1, 0.15) is 0 Å². The van der Waals surface area contributed by atoms with Crippen molar-refractivity contribution >= 4 is 11.8 Å². The molecule has 1 aliphatic rings. The lowest BCUT2D eigenvalue weighted by molar-refractivity contribution is 0.442. The Balaban J connectivity index is 1.95. The summed E-state index contributed by atoms with van der Waals surface area (Å²) in [4.78, 5) is 1.49. The Hall–Kier alpha value is -0.470. The summed E-state index contributed by atoms with van der Waals surface area (Å²) in [6, 6.07) is 9.49. The Bertz CT molecular complexity index is 337. The second kappa shape index (κ2) is 5.92. The van der Waals surface area contributed by atoms with Gasteiger partial charge in [0.2, 0.25) is 0 Å². The number of rotatable bonds is 5. The van der Waals surface area contributed by atoms with Gasteiger partial charge in [-0.15, -0.1) is 11.8 Å². The van der Waals surface area contributed by atoms with Crippen molar-refractivity contribution in [2.24, 2.45) is 5.92 Å². The quantitative estimate of drug-likeness (QED) is 0.853. The van der Waals surface area contributed by atoms with E-state index in [4.69, 9.17) is 0 Å². The molecule has 0 bridgehead atoms. The van der Waals surface area contributed by atoms with Crippen LogP contribution in [0.4, 0.5) is 0 Å². The number of fused-ring (bicyclic) bond motifs is 1. The van der Waals surface area contributed by atoms with Crippen molar-refractivity contribution in [2.75, 3.05) is 7.05 Å². The van der Waals surface area contributed by atoms with Crippen LogP contribution in [0.25, 0.3) is 0 Å². The van der Waals surface area contributed by atoms with E-state index in [0.29, 0.717) is 6.04 Å². The number of benzene rings is 1. The number of thioether (sulfide) groups is 1. The van der Waals surface area contributed by atoms with Gasteiger partial charge in [0.15, 0.2) is 0 Å². The molecular formula is C15H23NS. The van der Waals surface area contributed by atoms with Crippen LogP contribution in [0.2, 0.25) is 0 Å². The maximum Gasteiger partial charge on any atom is 0.0289 e. The molecular weight excluding hydrogens is 226 g/mol. The molecule has 1 aliphatic heterocycles. The third-order valence-electron chi connectivity index (χ3n) is 3.55. The first-order valence-corrected chi connectivity index (χ1v) is 7.50. The second-order valence-corrected chi connectivity index (χ2v) is 6.62. The average molecular weight is 249 g/mol. The third-order valence-corrected chi connectivity index (χ3v) is 5.00. The molecule has 1 aromatic carbocycles. The van der Waals surface area contributed by atoms with Gasteiger partial charge in [-0.3, -0.25) is 0 Å². The number of nitrogens with one attached hydrogen (secondary N) is 1. The van der Waals surface area contributed by atoms with Crippen LogP contribution >= 0.6 is 11.8 Å². The molecule has 1 aromatic rings. The summed E-state index contributed by atoms with van der Waals surface area (Å²) in [7, 11) is 2.11. The molecule has 1 N–H and O–H groups in total. The highest BCUT2D eigenvalue weighted by Gasteiger charge is 2.28. The lowest BCUT2D eigenvalue weighted by Gasteiger charge is -2.23. The van der Waals surface area contributed by atoms with Crippen LogP contribution in [0, 0.1) is 5.92 Å². The molecule has 0 saturated carbocycles. The van der Waals surface area contributed by atoms with Gasteiger partial charge in [0.05, 0.1) is 0 Å². The lowest BCUT2D eigenvalue weighted by Crippen LogP contribution is -2.35. The highest BCUT2D eigenvalue weighted by atomic mass is 32.2. The van der Waals surface area contributed by atoms with Gasteiger partial charge >= 0.3 is 0 Å². The van der Waals surface area contributed by atoms with Crippen LogP contribution in [0.3, 0.4) is 0 Å². The van der Waals surface area contributed by atoms with E-state index >= 15 is 0 Å². The van der Waals surface area contributed by atoms with Gasteiger partial charge in [-0.05, 0) is 43.9 Å². The SMILES string of the molecule is CNC(CCC(C)C)C1Cc2ccccc2S1. The molecule has 94 valence electrons. The largest absolute Gasteiger partial charge is 0.316 e. The summed E-state index contributed by atoms with van der Waals surface area (Å²) in [5, 5.41) is 4.23. The smallest absolute Gasteiger partial charge is 0.0289 e. The molecule has 0 spiro atoms. The fourth-order valence-corrected chi connectivity index (χ4v) is 3.95. The summed E-state index contributed by atoms with van der Waals surface area (Å²) in [6.07, 6.45) is 3.84. The van der Waals surface area contributed by atoms with E-state index in [1.165, 1.54) is 29.7 Å². The highest BCUT2D eigenvalue weighted by Crippen LogP contribution is 2.39. The van der Waals surface area contributed by atoms with E-state index in [-0.39, 0.29) is 0 Å². The second-order valence-electron chi connectivity index (χ2n) is 5.33. The minimum absolute atomic E-state index is 0.648. The molecule has 2 atom stereocenters. The van der Waals surface area contributed by atoms with Crippen molar-refractivity contribution < 1.29 is 0 Å². The van der Waals surface area contributed by atoms with Crippen LogP contribution in [0.15, 0.2) is 29.2 Å². The third kappa shape index (κ3) is 3.26. The number of hydrogen-bond donors (Lipinski definition) is 1. The van der Waals surface area contributed by atoms with Crippen molar-refractivity contribution in [3.63, 3.8) is 0 Å². The summed E-state index contributed by atoms with van der Waals surface area (Å²) in [6.45, 7) is 4.62. The molecule has 2 heteroatoms. The Labute approximate surface area is 109 Å². The van der Waals surface area contributed by atoms with Crippen molar-refractivity contribution in [3.8, 4) is 0 Å². The normalized spacial score (nSPS) is 20.6. The molecule has 0 saturated heterocycles. The van der Waals surface area contributed by atoms with Crippen LogP contribution in [0.5, 0.6) is 0 Å². The predicted molar refractivity (Wildman–Crippen MR) is 76.7 cm³/mol. The lowest BCUT2D eigenvalue weighted by atomic mass is 9.98. The molecule has 1 nitrogen and oxygen atoms in total. The van der Waals surface area contributed by atoms with Crippen molar-refractivity contribution in [1.29, 1.82) is 0 Å². The van der Waals surface area contributed by atoms with E-state index in [0.717, 1.165) is 11.2 Å². The molecule has 2 unspecified atom stereocenters. The fraction of sp³-hybridized carbons (Fsp3) is 0.600. The first-order chi connectivity index (χ1) is 8.20. The fourth-order valence-electron chi connectivity index (χ4n) is 2.46. The minimum Gasteiger partial charge on any atom is -0.316 e. The molecule has 2 rings (SSSR count). The van der Waals surface area contributed by atoms with E-state index < -0.39 is 0 Å². The topological polar surface area (TPSA) is 12.0 Å².